The molecule has 1 saturated heterocycles. The molecule has 1 aliphatic heterocycles. The molecule has 0 saturated carbocycles. The highest BCUT2D eigenvalue weighted by Crippen LogP contribution is 2.20. The first-order chi connectivity index (χ1) is 11.8. The van der Waals surface area contributed by atoms with E-state index in [4.69, 9.17) is 11.6 Å². The maximum absolute atomic E-state index is 12.6. The summed E-state index contributed by atoms with van der Waals surface area (Å²) in [6.07, 6.45) is 0. The molecule has 1 aromatic carbocycles. The molecule has 138 valence electrons. The number of benzene rings is 1. The van der Waals surface area contributed by atoms with Crippen LogP contribution in [0.4, 0.5) is 4.79 Å². The number of halogens is 1. The Bertz CT molecular complexity index is 730. The molecule has 0 unspecified atom stereocenters. The summed E-state index contributed by atoms with van der Waals surface area (Å²) in [5.41, 5.74) is 0. The molecule has 0 aromatic heterocycles. The predicted octanol–water partition coefficient (Wildman–Crippen LogP) is 0.490. The average Bonchev–Trinajstić information content (AvgIpc) is 2.61. The molecule has 1 aliphatic rings. The maximum atomic E-state index is 12.6. The number of imide groups is 1. The van der Waals surface area contributed by atoms with Crippen LogP contribution in [0.1, 0.15) is 6.92 Å². The summed E-state index contributed by atoms with van der Waals surface area (Å²) in [5, 5.41) is 5.01. The number of amides is 3. The maximum Gasteiger partial charge on any atom is 0.321 e. The van der Waals surface area contributed by atoms with Gasteiger partial charge in [0.05, 0.1) is 10.9 Å². The number of carbonyl (C=O) groups excluding carboxylic acids is 2. The Labute approximate surface area is 152 Å². The normalized spacial score (nSPS) is 17.7. The fourth-order valence-corrected chi connectivity index (χ4v) is 4.08. The van der Waals surface area contributed by atoms with Crippen LogP contribution in [0.2, 0.25) is 5.02 Å². The second kappa shape index (κ2) is 8.13. The second-order valence-corrected chi connectivity index (χ2v) is 8.01. The number of urea groups is 1. The van der Waals surface area contributed by atoms with E-state index in [1.165, 1.54) is 35.6 Å². The Morgan fingerprint density at radius 3 is 2.20 bits per heavy atom. The lowest BCUT2D eigenvalue weighted by Gasteiger charge is -2.36. The summed E-state index contributed by atoms with van der Waals surface area (Å²) in [6.45, 7) is 3.01. The van der Waals surface area contributed by atoms with Gasteiger partial charge in [-0.1, -0.05) is 11.6 Å². The summed E-state index contributed by atoms with van der Waals surface area (Å²) in [7, 11) is -2.16. The number of carbonyl (C=O) groups is 2. The van der Waals surface area contributed by atoms with E-state index in [0.717, 1.165) is 0 Å². The molecule has 10 heteroatoms. The topological polar surface area (TPSA) is 98.8 Å². The average molecular weight is 389 g/mol. The number of piperazine rings is 1. The summed E-state index contributed by atoms with van der Waals surface area (Å²) < 4.78 is 26.6. The fourth-order valence-electron chi connectivity index (χ4n) is 2.53. The number of hydrogen-bond donors (Lipinski definition) is 2. The molecule has 2 rings (SSSR count). The SMILES string of the molecule is CNC(=O)NC(=O)[C@@H](C)N1CCN(S(=O)(=O)c2ccc(Cl)cc2)CC1. The van der Waals surface area contributed by atoms with E-state index in [-0.39, 0.29) is 18.0 Å². The minimum absolute atomic E-state index is 0.191. The van der Waals surface area contributed by atoms with E-state index in [0.29, 0.717) is 18.1 Å². The van der Waals surface area contributed by atoms with Crippen LogP contribution in [0.15, 0.2) is 29.2 Å². The molecule has 8 nitrogen and oxygen atoms in total. The van der Waals surface area contributed by atoms with Gasteiger partial charge in [0.15, 0.2) is 0 Å². The molecule has 0 bridgehead atoms. The van der Waals surface area contributed by atoms with E-state index < -0.39 is 28.0 Å². The molecular formula is C15H21ClN4O4S. The van der Waals surface area contributed by atoms with E-state index in [2.05, 4.69) is 10.6 Å². The van der Waals surface area contributed by atoms with E-state index in [1.807, 2.05) is 4.90 Å². The minimum atomic E-state index is -3.59. The second-order valence-electron chi connectivity index (χ2n) is 5.64. The minimum Gasteiger partial charge on any atom is -0.341 e. The quantitative estimate of drug-likeness (QED) is 0.782. The van der Waals surface area contributed by atoms with Gasteiger partial charge in [-0.2, -0.15) is 4.31 Å². The number of nitrogens with zero attached hydrogens (tertiary/aromatic N) is 2. The van der Waals surface area contributed by atoms with Crippen LogP contribution in [0.3, 0.4) is 0 Å². The number of rotatable bonds is 4. The van der Waals surface area contributed by atoms with Crippen molar-refractivity contribution in [1.82, 2.24) is 19.8 Å². The van der Waals surface area contributed by atoms with Crippen molar-refractivity contribution < 1.29 is 18.0 Å². The van der Waals surface area contributed by atoms with Crippen molar-refractivity contribution >= 4 is 33.6 Å². The molecule has 2 N–H and O–H groups in total. The highest BCUT2D eigenvalue weighted by atomic mass is 35.5. The van der Waals surface area contributed by atoms with Crippen molar-refractivity contribution in [3.8, 4) is 0 Å². The Morgan fingerprint density at radius 1 is 1.12 bits per heavy atom. The molecule has 3 amide bonds. The Kier molecular flexibility index (Phi) is 6.39. The van der Waals surface area contributed by atoms with Crippen molar-refractivity contribution in [3.63, 3.8) is 0 Å². The molecule has 25 heavy (non-hydrogen) atoms. The molecule has 0 aliphatic carbocycles. The first-order valence-electron chi connectivity index (χ1n) is 7.78. The number of nitrogens with one attached hydrogen (secondary N) is 2. The van der Waals surface area contributed by atoms with Crippen LogP contribution < -0.4 is 10.6 Å². The van der Waals surface area contributed by atoms with Crippen LogP contribution >= 0.6 is 11.6 Å². The van der Waals surface area contributed by atoms with E-state index in [9.17, 15) is 18.0 Å². The molecule has 1 fully saturated rings. The Morgan fingerprint density at radius 2 is 1.68 bits per heavy atom. The van der Waals surface area contributed by atoms with Gasteiger partial charge in [0.2, 0.25) is 15.9 Å². The van der Waals surface area contributed by atoms with Crippen molar-refractivity contribution in [2.75, 3.05) is 33.2 Å². The summed E-state index contributed by atoms with van der Waals surface area (Å²) in [4.78, 5) is 25.2. The summed E-state index contributed by atoms with van der Waals surface area (Å²) in [5.74, 6) is -0.423. The zero-order valence-corrected chi connectivity index (χ0v) is 15.6. The third kappa shape index (κ3) is 4.69. The molecule has 0 spiro atoms. The zero-order chi connectivity index (χ0) is 18.6. The monoisotopic (exact) mass is 388 g/mol. The lowest BCUT2D eigenvalue weighted by molar-refractivity contribution is -0.125. The molecular weight excluding hydrogens is 368 g/mol. The smallest absolute Gasteiger partial charge is 0.321 e. The van der Waals surface area contributed by atoms with Crippen LogP contribution in [-0.4, -0.2) is 68.8 Å². The predicted molar refractivity (Wildman–Crippen MR) is 93.8 cm³/mol. The largest absolute Gasteiger partial charge is 0.341 e. The molecule has 1 atom stereocenters. The number of sulfonamides is 1. The van der Waals surface area contributed by atoms with Gasteiger partial charge in [-0.15, -0.1) is 0 Å². The van der Waals surface area contributed by atoms with E-state index in [1.54, 1.807) is 6.92 Å². The lowest BCUT2D eigenvalue weighted by atomic mass is 10.2. The van der Waals surface area contributed by atoms with Crippen molar-refractivity contribution in [2.45, 2.75) is 17.9 Å². The number of hydrogen-bond acceptors (Lipinski definition) is 5. The van der Waals surface area contributed by atoms with E-state index >= 15 is 0 Å². The third-order valence-corrected chi connectivity index (χ3v) is 6.28. The fraction of sp³-hybridized carbons (Fsp3) is 0.467. The van der Waals surface area contributed by atoms with Gasteiger partial charge in [0.25, 0.3) is 0 Å². The van der Waals surface area contributed by atoms with Gasteiger partial charge in [-0.3, -0.25) is 15.0 Å². The first-order valence-corrected chi connectivity index (χ1v) is 9.60. The summed E-state index contributed by atoms with van der Waals surface area (Å²) in [6, 6.07) is 4.93. The third-order valence-electron chi connectivity index (χ3n) is 4.12. The molecule has 0 radical (unpaired) electrons. The van der Waals surface area contributed by atoms with Crippen LogP contribution in [-0.2, 0) is 14.8 Å². The van der Waals surface area contributed by atoms with Crippen molar-refractivity contribution in [3.05, 3.63) is 29.3 Å². The van der Waals surface area contributed by atoms with Crippen molar-refractivity contribution in [2.24, 2.45) is 0 Å². The molecule has 1 heterocycles. The standard InChI is InChI=1S/C15H21ClN4O4S/c1-11(14(21)18-15(22)17-2)19-7-9-20(10-8-19)25(23,24)13-5-3-12(16)4-6-13/h3-6,11H,7-10H2,1-2H3,(H2,17,18,21,22)/t11-/m1/s1. The highest BCUT2D eigenvalue weighted by molar-refractivity contribution is 7.89. The van der Waals surface area contributed by atoms with Crippen LogP contribution in [0, 0.1) is 0 Å². The van der Waals surface area contributed by atoms with Gasteiger partial charge in [0.1, 0.15) is 0 Å². The Hall–Kier alpha value is -1.68. The molecule has 1 aromatic rings. The van der Waals surface area contributed by atoms with Gasteiger partial charge in [-0.25, -0.2) is 13.2 Å². The van der Waals surface area contributed by atoms with Gasteiger partial charge >= 0.3 is 6.03 Å². The van der Waals surface area contributed by atoms with Crippen molar-refractivity contribution in [1.29, 1.82) is 0 Å². The highest BCUT2D eigenvalue weighted by Gasteiger charge is 2.32. The zero-order valence-electron chi connectivity index (χ0n) is 14.0. The lowest BCUT2D eigenvalue weighted by Crippen LogP contribution is -2.56. The van der Waals surface area contributed by atoms with Gasteiger partial charge in [-0.05, 0) is 31.2 Å². The summed E-state index contributed by atoms with van der Waals surface area (Å²) >= 11 is 5.80. The Balaban J connectivity index is 1.98. The van der Waals surface area contributed by atoms with Gasteiger partial charge in [0, 0.05) is 38.2 Å². The van der Waals surface area contributed by atoms with Gasteiger partial charge < -0.3 is 5.32 Å². The first kappa shape index (κ1) is 19.6. The van der Waals surface area contributed by atoms with Crippen LogP contribution in [0.5, 0.6) is 0 Å². The van der Waals surface area contributed by atoms with Crippen LogP contribution in [0.25, 0.3) is 0 Å².